The second-order valence-electron chi connectivity index (χ2n) is 7.47. The topological polar surface area (TPSA) is 50.2 Å². The van der Waals surface area contributed by atoms with Gasteiger partial charge < -0.3 is 10.2 Å². The molecule has 4 rings (SSSR count). The van der Waals surface area contributed by atoms with Gasteiger partial charge in [0.25, 0.3) is 0 Å². The molecule has 0 aliphatic carbocycles. The van der Waals surface area contributed by atoms with Crippen molar-refractivity contribution in [1.82, 2.24) is 20.0 Å². The molecule has 1 fully saturated rings. The van der Waals surface area contributed by atoms with Crippen molar-refractivity contribution in [3.63, 3.8) is 0 Å². The van der Waals surface area contributed by atoms with E-state index in [1.807, 2.05) is 31.4 Å². The number of nitrogens with one attached hydrogen (secondary N) is 1. The molecule has 0 unspecified atom stereocenters. The Morgan fingerprint density at radius 3 is 2.79 bits per heavy atom. The predicted molar refractivity (Wildman–Crippen MR) is 115 cm³/mol. The van der Waals surface area contributed by atoms with Crippen molar-refractivity contribution in [3.8, 4) is 0 Å². The molecule has 5 nitrogen and oxygen atoms in total. The van der Waals surface area contributed by atoms with Gasteiger partial charge in [0.1, 0.15) is 0 Å². The maximum absolute atomic E-state index is 13.1. The van der Waals surface area contributed by atoms with Crippen molar-refractivity contribution < 1.29 is 4.79 Å². The standard InChI is InChI=1S/C22H26N4O.ClH/c1-25(11-10-17-8-5-7-16-6-3-4-9-19(16)17)22(27)21-14-23-13-20(21)18-12-24-26(2)15-18;/h3-9,12,15,20-21,23H,10-11,13-14H2,1-2H3;1H/t20-,21+;/m1./s1. The van der Waals surface area contributed by atoms with Crippen molar-refractivity contribution in [1.29, 1.82) is 0 Å². The van der Waals surface area contributed by atoms with E-state index in [9.17, 15) is 4.79 Å². The lowest BCUT2D eigenvalue weighted by Crippen LogP contribution is -2.37. The largest absolute Gasteiger partial charge is 0.345 e. The minimum Gasteiger partial charge on any atom is -0.345 e. The molecule has 0 spiro atoms. The van der Waals surface area contributed by atoms with Gasteiger partial charge in [-0.25, -0.2) is 0 Å². The Bertz CT molecular complexity index is 949. The van der Waals surface area contributed by atoms with E-state index >= 15 is 0 Å². The molecule has 1 N–H and O–H groups in total. The van der Waals surface area contributed by atoms with Crippen LogP contribution in [-0.4, -0.2) is 47.3 Å². The number of carbonyl (C=O) groups excluding carboxylic acids is 1. The first-order chi connectivity index (χ1) is 13.1. The molecule has 2 atom stereocenters. The summed E-state index contributed by atoms with van der Waals surface area (Å²) < 4.78 is 1.80. The third-order valence-electron chi connectivity index (χ3n) is 5.66. The zero-order valence-electron chi connectivity index (χ0n) is 16.3. The first-order valence-electron chi connectivity index (χ1n) is 9.54. The number of hydrogen-bond donors (Lipinski definition) is 1. The van der Waals surface area contributed by atoms with Gasteiger partial charge >= 0.3 is 0 Å². The highest BCUT2D eigenvalue weighted by Crippen LogP contribution is 2.29. The number of hydrogen-bond acceptors (Lipinski definition) is 3. The van der Waals surface area contributed by atoms with Gasteiger partial charge in [-0.2, -0.15) is 5.10 Å². The minimum absolute atomic E-state index is 0. The van der Waals surface area contributed by atoms with Crippen LogP contribution in [0.4, 0.5) is 0 Å². The second kappa shape index (κ2) is 8.76. The molecule has 1 aliphatic heterocycles. The first-order valence-corrected chi connectivity index (χ1v) is 9.54. The number of halogens is 1. The highest BCUT2D eigenvalue weighted by atomic mass is 35.5. The second-order valence-corrected chi connectivity index (χ2v) is 7.47. The molecule has 0 saturated carbocycles. The first kappa shape index (κ1) is 20.4. The molecule has 148 valence electrons. The van der Waals surface area contributed by atoms with E-state index in [4.69, 9.17) is 0 Å². The quantitative estimate of drug-likeness (QED) is 0.718. The molecular weight excluding hydrogens is 372 g/mol. The Morgan fingerprint density at radius 1 is 1.21 bits per heavy atom. The summed E-state index contributed by atoms with van der Waals surface area (Å²) in [7, 11) is 3.84. The normalized spacial score (nSPS) is 18.8. The van der Waals surface area contributed by atoms with E-state index in [1.165, 1.54) is 16.3 Å². The summed E-state index contributed by atoms with van der Waals surface area (Å²) in [4.78, 5) is 15.0. The summed E-state index contributed by atoms with van der Waals surface area (Å²) in [5, 5.41) is 10.2. The number of nitrogens with zero attached hydrogens (tertiary/aromatic N) is 3. The van der Waals surface area contributed by atoms with E-state index in [0.717, 1.165) is 31.6 Å². The maximum atomic E-state index is 13.1. The summed E-state index contributed by atoms with van der Waals surface area (Å²) in [6, 6.07) is 14.8. The maximum Gasteiger partial charge on any atom is 0.227 e. The zero-order chi connectivity index (χ0) is 18.8. The van der Waals surface area contributed by atoms with Gasteiger partial charge in [-0.05, 0) is 28.3 Å². The molecular formula is C22H27ClN4O. The van der Waals surface area contributed by atoms with Gasteiger partial charge in [-0.1, -0.05) is 42.5 Å². The molecule has 1 aliphatic rings. The van der Waals surface area contributed by atoms with Crippen LogP contribution in [0.3, 0.4) is 0 Å². The Hall–Kier alpha value is -2.37. The lowest BCUT2D eigenvalue weighted by atomic mass is 9.90. The predicted octanol–water partition coefficient (Wildman–Crippen LogP) is 3.00. The third kappa shape index (κ3) is 4.05. The number of carbonyl (C=O) groups is 1. The van der Waals surface area contributed by atoms with Gasteiger partial charge in [-0.15, -0.1) is 12.4 Å². The van der Waals surface area contributed by atoms with E-state index in [1.54, 1.807) is 4.68 Å². The summed E-state index contributed by atoms with van der Waals surface area (Å²) in [5.41, 5.74) is 2.43. The van der Waals surface area contributed by atoms with Gasteiger partial charge in [0, 0.05) is 45.8 Å². The van der Waals surface area contributed by atoms with Gasteiger partial charge in [0.05, 0.1) is 12.1 Å². The van der Waals surface area contributed by atoms with Crippen LogP contribution in [0.5, 0.6) is 0 Å². The van der Waals surface area contributed by atoms with Crippen LogP contribution in [0.25, 0.3) is 10.8 Å². The Morgan fingerprint density at radius 2 is 2.00 bits per heavy atom. The molecule has 0 bridgehead atoms. The highest BCUT2D eigenvalue weighted by Gasteiger charge is 2.36. The van der Waals surface area contributed by atoms with E-state index in [0.29, 0.717) is 0 Å². The number of fused-ring (bicyclic) bond motifs is 1. The molecule has 2 heterocycles. The van der Waals surface area contributed by atoms with Crippen molar-refractivity contribution >= 4 is 29.1 Å². The van der Waals surface area contributed by atoms with Gasteiger partial charge in [0.15, 0.2) is 0 Å². The van der Waals surface area contributed by atoms with Crippen LogP contribution >= 0.6 is 12.4 Å². The fraction of sp³-hybridized carbons (Fsp3) is 0.364. The number of aromatic nitrogens is 2. The van der Waals surface area contributed by atoms with Gasteiger partial charge in [0.2, 0.25) is 5.91 Å². The molecule has 2 aromatic carbocycles. The molecule has 1 amide bonds. The van der Waals surface area contributed by atoms with Crippen LogP contribution in [0.1, 0.15) is 17.0 Å². The average Bonchev–Trinajstić information content (AvgIpc) is 3.34. The SMILES string of the molecule is CN(CCc1cccc2ccccc12)C(=O)[C@H]1CNC[C@@H]1c1cnn(C)c1.Cl. The Labute approximate surface area is 172 Å². The van der Waals surface area contributed by atoms with Crippen molar-refractivity contribution in [2.24, 2.45) is 13.0 Å². The average molecular weight is 399 g/mol. The van der Waals surface area contributed by atoms with E-state index in [2.05, 4.69) is 52.9 Å². The molecule has 28 heavy (non-hydrogen) atoms. The number of benzene rings is 2. The smallest absolute Gasteiger partial charge is 0.227 e. The summed E-state index contributed by atoms with van der Waals surface area (Å²) in [6.07, 6.45) is 4.77. The monoisotopic (exact) mass is 398 g/mol. The van der Waals surface area contributed by atoms with Crippen molar-refractivity contribution in [3.05, 3.63) is 66.0 Å². The van der Waals surface area contributed by atoms with Crippen LogP contribution in [0.15, 0.2) is 54.9 Å². The number of likely N-dealkylation sites (N-methyl/N-ethyl adjacent to an activating group) is 1. The highest BCUT2D eigenvalue weighted by molar-refractivity contribution is 5.86. The third-order valence-corrected chi connectivity index (χ3v) is 5.66. The Kier molecular flexibility index (Phi) is 6.37. The molecule has 1 aromatic heterocycles. The van der Waals surface area contributed by atoms with Crippen LogP contribution < -0.4 is 5.32 Å². The van der Waals surface area contributed by atoms with Crippen molar-refractivity contribution in [2.75, 3.05) is 26.7 Å². The molecule has 0 radical (unpaired) electrons. The van der Waals surface area contributed by atoms with Crippen LogP contribution in [0.2, 0.25) is 0 Å². The number of amides is 1. The number of aryl methyl sites for hydroxylation is 1. The summed E-state index contributed by atoms with van der Waals surface area (Å²) in [6.45, 7) is 2.29. The van der Waals surface area contributed by atoms with Crippen molar-refractivity contribution in [2.45, 2.75) is 12.3 Å². The zero-order valence-corrected chi connectivity index (χ0v) is 17.2. The fourth-order valence-electron chi connectivity index (χ4n) is 4.11. The minimum atomic E-state index is -0.0216. The molecule has 3 aromatic rings. The molecule has 1 saturated heterocycles. The van der Waals surface area contributed by atoms with E-state index < -0.39 is 0 Å². The fourth-order valence-corrected chi connectivity index (χ4v) is 4.11. The summed E-state index contributed by atoms with van der Waals surface area (Å²) in [5.74, 6) is 0.395. The van der Waals surface area contributed by atoms with Gasteiger partial charge in [-0.3, -0.25) is 9.48 Å². The lowest BCUT2D eigenvalue weighted by molar-refractivity contribution is -0.134. The lowest BCUT2D eigenvalue weighted by Gasteiger charge is -2.24. The van der Waals surface area contributed by atoms with Crippen LogP contribution in [0, 0.1) is 5.92 Å². The number of rotatable bonds is 5. The summed E-state index contributed by atoms with van der Waals surface area (Å²) >= 11 is 0. The van der Waals surface area contributed by atoms with E-state index in [-0.39, 0.29) is 30.2 Å². The Balaban J connectivity index is 0.00000225. The molecule has 6 heteroatoms. The van der Waals surface area contributed by atoms with Crippen LogP contribution in [-0.2, 0) is 18.3 Å².